The number of phenols is 1. The Morgan fingerprint density at radius 3 is 2.77 bits per heavy atom. The van der Waals surface area contributed by atoms with E-state index >= 15 is 0 Å². The molecule has 0 saturated carbocycles. The first-order valence-corrected chi connectivity index (χ1v) is 10.2. The summed E-state index contributed by atoms with van der Waals surface area (Å²) in [4.78, 5) is 5.07. The molecule has 0 atom stereocenters. The smallest absolute Gasteiger partial charge is 0.206 e. The molecule has 1 heterocycles. The van der Waals surface area contributed by atoms with E-state index in [9.17, 15) is 9.50 Å². The number of phenolic OH excluding ortho intramolecular Hbond substituents is 1. The lowest BCUT2D eigenvalue weighted by Gasteiger charge is -2.06. The zero-order chi connectivity index (χ0) is 18.7. The van der Waals surface area contributed by atoms with Crippen LogP contribution >= 0.6 is 43.2 Å². The predicted molar refractivity (Wildman–Crippen MR) is 110 cm³/mol. The van der Waals surface area contributed by atoms with Crippen LogP contribution in [0.4, 0.5) is 4.39 Å². The van der Waals surface area contributed by atoms with Crippen molar-refractivity contribution in [1.82, 2.24) is 4.68 Å². The third kappa shape index (κ3) is 3.97. The van der Waals surface area contributed by atoms with Crippen LogP contribution in [0.25, 0.3) is 11.3 Å². The maximum absolute atomic E-state index is 14.2. The van der Waals surface area contributed by atoms with Crippen molar-refractivity contribution in [2.24, 2.45) is 10.1 Å². The van der Waals surface area contributed by atoms with E-state index in [4.69, 9.17) is 0 Å². The highest BCUT2D eigenvalue weighted by Gasteiger charge is 2.12. The Morgan fingerprint density at radius 2 is 2.04 bits per heavy atom. The first kappa shape index (κ1) is 19.0. The van der Waals surface area contributed by atoms with Gasteiger partial charge in [0.1, 0.15) is 11.6 Å². The third-order valence-electron chi connectivity index (χ3n) is 3.50. The summed E-state index contributed by atoms with van der Waals surface area (Å²) >= 11 is 8.08. The summed E-state index contributed by atoms with van der Waals surface area (Å²) in [7, 11) is 0. The fourth-order valence-electron chi connectivity index (χ4n) is 2.31. The van der Waals surface area contributed by atoms with Crippen molar-refractivity contribution in [3.05, 3.63) is 66.9 Å². The highest BCUT2D eigenvalue weighted by molar-refractivity contribution is 9.11. The lowest BCUT2D eigenvalue weighted by molar-refractivity contribution is 0.471. The number of halogens is 3. The number of nitrogens with zero attached hydrogens (tertiary/aromatic N) is 3. The van der Waals surface area contributed by atoms with Gasteiger partial charge in [-0.3, -0.25) is 4.99 Å². The Kier molecular flexibility index (Phi) is 6.05. The van der Waals surface area contributed by atoms with E-state index in [0.29, 0.717) is 32.6 Å². The first-order chi connectivity index (χ1) is 12.5. The molecule has 0 fully saturated rings. The number of hydrogen-bond acceptors (Lipinski definition) is 4. The van der Waals surface area contributed by atoms with Gasteiger partial charge in [-0.05, 0) is 47.1 Å². The van der Waals surface area contributed by atoms with Crippen LogP contribution in [0.15, 0.2) is 60.8 Å². The average Bonchev–Trinajstić information content (AvgIpc) is 3.00. The number of hydrogen-bond donors (Lipinski definition) is 1. The van der Waals surface area contributed by atoms with Crippen molar-refractivity contribution in [3.63, 3.8) is 0 Å². The minimum absolute atomic E-state index is 0.0780. The van der Waals surface area contributed by atoms with Crippen molar-refractivity contribution in [3.8, 4) is 17.0 Å². The lowest BCUT2D eigenvalue weighted by Crippen LogP contribution is -2.12. The van der Waals surface area contributed by atoms with Gasteiger partial charge in [-0.1, -0.05) is 28.1 Å². The minimum Gasteiger partial charge on any atom is -0.506 e. The molecule has 3 aromatic rings. The lowest BCUT2D eigenvalue weighted by atomic mass is 10.1. The van der Waals surface area contributed by atoms with Crippen molar-refractivity contribution >= 4 is 49.4 Å². The van der Waals surface area contributed by atoms with Crippen molar-refractivity contribution in [2.45, 2.75) is 6.92 Å². The zero-order valence-electron chi connectivity index (χ0n) is 13.7. The van der Waals surface area contributed by atoms with Crippen LogP contribution in [-0.4, -0.2) is 22.5 Å². The van der Waals surface area contributed by atoms with Gasteiger partial charge in [-0.25, -0.2) is 9.07 Å². The van der Waals surface area contributed by atoms with Gasteiger partial charge in [-0.2, -0.15) is 5.10 Å². The van der Waals surface area contributed by atoms with E-state index in [1.807, 2.05) is 12.3 Å². The van der Waals surface area contributed by atoms with E-state index in [1.54, 1.807) is 35.0 Å². The van der Waals surface area contributed by atoms with Crippen LogP contribution in [0.3, 0.4) is 0 Å². The Labute approximate surface area is 170 Å². The maximum atomic E-state index is 14.2. The summed E-state index contributed by atoms with van der Waals surface area (Å²) < 4.78 is 17.2. The van der Waals surface area contributed by atoms with Crippen LogP contribution in [0.1, 0.15) is 12.5 Å². The molecule has 134 valence electrons. The van der Waals surface area contributed by atoms with E-state index in [2.05, 4.69) is 42.0 Å². The molecule has 1 aromatic heterocycles. The summed E-state index contributed by atoms with van der Waals surface area (Å²) in [6.45, 7) is 2.51. The molecule has 8 heteroatoms. The van der Waals surface area contributed by atoms with Gasteiger partial charge >= 0.3 is 0 Å². The standard InChI is InChI=1S/C18H14Br2FN3OS/c1-2-22-18-24(16(10-26-18)13-5-3-4-6-15(13)21)23-9-11-7-12(19)8-14(20)17(11)25/h3-10,25H,2H2,1H3. The van der Waals surface area contributed by atoms with Crippen molar-refractivity contribution in [1.29, 1.82) is 0 Å². The largest absolute Gasteiger partial charge is 0.506 e. The summed E-state index contributed by atoms with van der Waals surface area (Å²) in [5.74, 6) is -0.250. The highest BCUT2D eigenvalue weighted by Crippen LogP contribution is 2.31. The minimum atomic E-state index is -0.328. The molecule has 26 heavy (non-hydrogen) atoms. The highest BCUT2D eigenvalue weighted by atomic mass is 79.9. The van der Waals surface area contributed by atoms with Gasteiger partial charge in [0.2, 0.25) is 4.80 Å². The molecule has 0 unspecified atom stereocenters. The van der Waals surface area contributed by atoms with E-state index in [0.717, 1.165) is 4.47 Å². The molecule has 0 spiro atoms. The molecular weight excluding hydrogens is 485 g/mol. The SMILES string of the molecule is CCN=c1scc(-c2ccccc2F)n1N=Cc1cc(Br)cc(Br)c1O. The first-order valence-electron chi connectivity index (χ1n) is 7.69. The number of benzene rings is 2. The maximum Gasteiger partial charge on any atom is 0.206 e. The summed E-state index contributed by atoms with van der Waals surface area (Å²) in [6, 6.07) is 10.0. The molecule has 4 nitrogen and oxygen atoms in total. The Hall–Kier alpha value is -1.77. The molecule has 1 N–H and O–H groups in total. The van der Waals surface area contributed by atoms with Crippen LogP contribution in [0, 0.1) is 5.82 Å². The van der Waals surface area contributed by atoms with Crippen molar-refractivity contribution in [2.75, 3.05) is 6.54 Å². The van der Waals surface area contributed by atoms with Crippen LogP contribution in [-0.2, 0) is 0 Å². The van der Waals surface area contributed by atoms with E-state index < -0.39 is 0 Å². The van der Waals surface area contributed by atoms with Gasteiger partial charge < -0.3 is 5.11 Å². The zero-order valence-corrected chi connectivity index (χ0v) is 17.6. The molecule has 3 rings (SSSR count). The molecular formula is C18H14Br2FN3OS. The summed E-state index contributed by atoms with van der Waals surface area (Å²) in [5, 5.41) is 16.5. The summed E-state index contributed by atoms with van der Waals surface area (Å²) in [5.41, 5.74) is 1.56. The van der Waals surface area contributed by atoms with Gasteiger partial charge in [0.15, 0.2) is 0 Å². The Morgan fingerprint density at radius 1 is 1.27 bits per heavy atom. The predicted octanol–water partition coefficient (Wildman–Crippen LogP) is 5.39. The van der Waals surface area contributed by atoms with Gasteiger partial charge in [0, 0.05) is 27.5 Å². The second kappa shape index (κ2) is 8.28. The number of aromatic hydroxyl groups is 1. The van der Waals surface area contributed by atoms with Gasteiger partial charge in [0.25, 0.3) is 0 Å². The average molecular weight is 499 g/mol. The molecule has 0 bridgehead atoms. The molecule has 0 aliphatic rings. The number of thiazole rings is 1. The normalized spacial score (nSPS) is 12.2. The second-order valence-electron chi connectivity index (χ2n) is 5.24. The second-order valence-corrected chi connectivity index (χ2v) is 7.85. The molecule has 0 aliphatic heterocycles. The third-order valence-corrected chi connectivity index (χ3v) is 5.41. The molecule has 0 amide bonds. The molecule has 2 aromatic carbocycles. The molecule has 0 aliphatic carbocycles. The van der Waals surface area contributed by atoms with Crippen LogP contribution < -0.4 is 4.80 Å². The van der Waals surface area contributed by atoms with Gasteiger partial charge in [0.05, 0.1) is 16.4 Å². The van der Waals surface area contributed by atoms with Crippen LogP contribution in [0.2, 0.25) is 0 Å². The monoisotopic (exact) mass is 497 g/mol. The Bertz CT molecular complexity index is 1040. The fourth-order valence-corrected chi connectivity index (χ4v) is 4.46. The topological polar surface area (TPSA) is 49.9 Å². The summed E-state index contributed by atoms with van der Waals surface area (Å²) in [6.07, 6.45) is 1.52. The number of rotatable bonds is 4. The van der Waals surface area contributed by atoms with E-state index in [-0.39, 0.29) is 11.6 Å². The van der Waals surface area contributed by atoms with Gasteiger partial charge in [-0.15, -0.1) is 11.3 Å². The van der Waals surface area contributed by atoms with E-state index in [1.165, 1.54) is 23.6 Å². The molecule has 0 radical (unpaired) electrons. The Balaban J connectivity index is 2.14. The number of aromatic nitrogens is 1. The quantitative estimate of drug-likeness (QED) is 0.482. The molecule has 0 saturated heterocycles. The van der Waals surface area contributed by atoms with Crippen LogP contribution in [0.5, 0.6) is 5.75 Å². The van der Waals surface area contributed by atoms with Crippen molar-refractivity contribution < 1.29 is 9.50 Å². The fraction of sp³-hybridized carbons (Fsp3) is 0.111.